The van der Waals surface area contributed by atoms with Crippen molar-refractivity contribution >= 4 is 17.1 Å². The molecule has 0 amide bonds. The third-order valence-corrected chi connectivity index (χ3v) is 3.08. The van der Waals surface area contributed by atoms with E-state index in [1.807, 2.05) is 12.1 Å². The molecule has 2 heterocycles. The molecule has 0 fully saturated rings. The average Bonchev–Trinajstić information content (AvgIpc) is 2.55. The number of aromatic nitrogens is 2. The van der Waals surface area contributed by atoms with E-state index in [0.29, 0.717) is 23.6 Å². The van der Waals surface area contributed by atoms with E-state index in [4.69, 9.17) is 0 Å². The highest BCUT2D eigenvalue weighted by Crippen LogP contribution is 2.20. The van der Waals surface area contributed by atoms with Crippen LogP contribution in [0.3, 0.4) is 0 Å². The Morgan fingerprint density at radius 1 is 0.810 bits per heavy atom. The molecule has 0 aliphatic rings. The second-order valence-corrected chi connectivity index (χ2v) is 4.48. The van der Waals surface area contributed by atoms with E-state index in [0.717, 1.165) is 5.56 Å². The molecule has 2 N–H and O–H groups in total. The molecule has 0 aliphatic heterocycles. The highest BCUT2D eigenvalue weighted by molar-refractivity contribution is 5.78. The Morgan fingerprint density at radius 3 is 2.05 bits per heavy atom. The number of pyridine rings is 2. The predicted molar refractivity (Wildman–Crippen MR) is 80.4 cm³/mol. The van der Waals surface area contributed by atoms with Gasteiger partial charge in [-0.1, -0.05) is 0 Å². The predicted octanol–water partition coefficient (Wildman–Crippen LogP) is 1.43. The second kappa shape index (κ2) is 5.54. The molecule has 6 nitrogen and oxygen atoms in total. The maximum atomic E-state index is 11.7. The Kier molecular flexibility index (Phi) is 3.42. The Hall–Kier alpha value is -3.02. The van der Waals surface area contributed by atoms with Gasteiger partial charge in [0.15, 0.2) is 0 Å². The van der Waals surface area contributed by atoms with Crippen LogP contribution in [0.2, 0.25) is 0 Å². The first kappa shape index (κ1) is 13.0. The fourth-order valence-electron chi connectivity index (χ4n) is 1.95. The molecular formula is C15H12N4O2. The molecule has 0 saturated heterocycles. The smallest absolute Gasteiger partial charge is 0.253 e. The van der Waals surface area contributed by atoms with Gasteiger partial charge in [0.2, 0.25) is 0 Å². The van der Waals surface area contributed by atoms with Crippen LogP contribution in [0, 0.1) is 0 Å². The van der Waals surface area contributed by atoms with Gasteiger partial charge in [-0.15, -0.1) is 0 Å². The summed E-state index contributed by atoms with van der Waals surface area (Å²) in [5.41, 5.74) is 1.29. The van der Waals surface area contributed by atoms with Gasteiger partial charge < -0.3 is 10.6 Å². The summed E-state index contributed by atoms with van der Waals surface area (Å²) < 4.78 is 0. The van der Waals surface area contributed by atoms with Crippen LogP contribution in [0.25, 0.3) is 0 Å². The van der Waals surface area contributed by atoms with Crippen molar-refractivity contribution in [2.75, 3.05) is 10.6 Å². The third kappa shape index (κ3) is 2.64. The van der Waals surface area contributed by atoms with Crippen LogP contribution < -0.4 is 21.5 Å². The molecule has 0 unspecified atom stereocenters. The fraction of sp³-hybridized carbons (Fsp3) is 0.0667. The van der Waals surface area contributed by atoms with E-state index in [-0.39, 0.29) is 0 Å². The van der Waals surface area contributed by atoms with E-state index < -0.39 is 10.9 Å². The first-order valence-corrected chi connectivity index (χ1v) is 6.39. The lowest BCUT2D eigenvalue weighted by atomic mass is 10.1. The summed E-state index contributed by atoms with van der Waals surface area (Å²) in [6, 6.07) is 7.14. The summed E-state index contributed by atoms with van der Waals surface area (Å²) in [5.74, 6) is 0. The fourth-order valence-corrected chi connectivity index (χ4v) is 1.95. The van der Waals surface area contributed by atoms with E-state index >= 15 is 0 Å². The van der Waals surface area contributed by atoms with Crippen molar-refractivity contribution in [3.63, 3.8) is 0 Å². The van der Waals surface area contributed by atoms with Gasteiger partial charge in [0.1, 0.15) is 11.4 Å². The zero-order valence-electron chi connectivity index (χ0n) is 11.0. The molecule has 0 aliphatic carbocycles. The molecule has 2 aromatic heterocycles. The summed E-state index contributed by atoms with van der Waals surface area (Å²) in [4.78, 5) is 31.1. The van der Waals surface area contributed by atoms with E-state index in [2.05, 4.69) is 20.6 Å². The molecule has 0 bridgehead atoms. The molecule has 3 aromatic rings. The zero-order chi connectivity index (χ0) is 14.7. The highest BCUT2D eigenvalue weighted by atomic mass is 16.2. The van der Waals surface area contributed by atoms with Crippen LogP contribution in [-0.2, 0) is 6.54 Å². The van der Waals surface area contributed by atoms with Crippen molar-refractivity contribution in [2.45, 2.75) is 6.54 Å². The van der Waals surface area contributed by atoms with Crippen molar-refractivity contribution in [3.8, 4) is 0 Å². The zero-order valence-corrected chi connectivity index (χ0v) is 11.0. The number of hydrogen-bond donors (Lipinski definition) is 2. The van der Waals surface area contributed by atoms with Gasteiger partial charge in [-0.2, -0.15) is 0 Å². The maximum absolute atomic E-state index is 11.7. The van der Waals surface area contributed by atoms with E-state index in [1.54, 1.807) is 36.9 Å². The highest BCUT2D eigenvalue weighted by Gasteiger charge is 2.20. The second-order valence-electron chi connectivity index (χ2n) is 4.48. The quantitative estimate of drug-likeness (QED) is 0.688. The topological polar surface area (TPSA) is 84.0 Å². The monoisotopic (exact) mass is 280 g/mol. The molecule has 3 rings (SSSR count). The summed E-state index contributed by atoms with van der Waals surface area (Å²) in [7, 11) is 0. The van der Waals surface area contributed by atoms with Gasteiger partial charge in [0.25, 0.3) is 10.9 Å². The minimum Gasteiger partial charge on any atom is -0.376 e. The number of hydrogen-bond acceptors (Lipinski definition) is 6. The minimum absolute atomic E-state index is 0.292. The number of nitrogens with one attached hydrogen (secondary N) is 2. The molecule has 0 radical (unpaired) electrons. The van der Waals surface area contributed by atoms with Crippen LogP contribution >= 0.6 is 0 Å². The summed E-state index contributed by atoms with van der Waals surface area (Å²) in [6.45, 7) is 0.457. The Morgan fingerprint density at radius 2 is 1.38 bits per heavy atom. The Labute approximate surface area is 120 Å². The molecule has 6 heteroatoms. The molecular weight excluding hydrogens is 268 g/mol. The Bertz CT molecular complexity index is 809. The third-order valence-electron chi connectivity index (χ3n) is 3.08. The van der Waals surface area contributed by atoms with E-state index in [1.165, 1.54) is 0 Å². The summed E-state index contributed by atoms with van der Waals surface area (Å²) in [6.07, 6.45) is 6.57. The number of nitrogens with zero attached hydrogens (tertiary/aromatic N) is 2. The molecule has 1 aromatic carbocycles. The van der Waals surface area contributed by atoms with Crippen molar-refractivity contribution in [2.24, 2.45) is 0 Å². The summed E-state index contributed by atoms with van der Waals surface area (Å²) >= 11 is 0. The lowest BCUT2D eigenvalue weighted by Gasteiger charge is -2.14. The minimum atomic E-state index is -0.510. The first-order valence-electron chi connectivity index (χ1n) is 6.39. The van der Waals surface area contributed by atoms with Crippen molar-refractivity contribution in [3.05, 3.63) is 75.1 Å². The van der Waals surface area contributed by atoms with Crippen LogP contribution in [0.5, 0.6) is 0 Å². The largest absolute Gasteiger partial charge is 0.376 e. The molecule has 0 spiro atoms. The molecule has 21 heavy (non-hydrogen) atoms. The molecule has 104 valence electrons. The van der Waals surface area contributed by atoms with Gasteiger partial charge in [0.05, 0.1) is 0 Å². The lowest BCUT2D eigenvalue weighted by molar-refractivity contribution is 1.11. The van der Waals surface area contributed by atoms with Crippen molar-refractivity contribution < 1.29 is 0 Å². The van der Waals surface area contributed by atoms with Crippen LogP contribution in [0.1, 0.15) is 5.56 Å². The molecule has 0 saturated carbocycles. The van der Waals surface area contributed by atoms with Crippen molar-refractivity contribution in [1.29, 1.82) is 0 Å². The van der Waals surface area contributed by atoms with Crippen LogP contribution in [0.4, 0.5) is 17.1 Å². The Balaban J connectivity index is 1.76. The van der Waals surface area contributed by atoms with Gasteiger partial charge in [-0.3, -0.25) is 19.6 Å². The standard InChI is InChI=1S/C15H12N4O2/c20-14-12(18-9-10-1-5-16-6-2-10)13(15(14)21)19-11-3-7-17-8-4-11/h1-8,18H,9H2,(H,17,19). The average molecular weight is 280 g/mol. The van der Waals surface area contributed by atoms with Crippen molar-refractivity contribution in [1.82, 2.24) is 9.97 Å². The van der Waals surface area contributed by atoms with Gasteiger partial charge in [0, 0.05) is 37.0 Å². The molecule has 0 atom stereocenters. The van der Waals surface area contributed by atoms with Crippen LogP contribution in [-0.4, -0.2) is 9.97 Å². The van der Waals surface area contributed by atoms with Crippen LogP contribution in [0.15, 0.2) is 58.6 Å². The summed E-state index contributed by atoms with van der Waals surface area (Å²) in [5, 5.41) is 5.93. The lowest BCUT2D eigenvalue weighted by Crippen LogP contribution is -2.36. The van der Waals surface area contributed by atoms with Gasteiger partial charge >= 0.3 is 0 Å². The number of rotatable bonds is 5. The number of anilines is 3. The maximum Gasteiger partial charge on any atom is 0.253 e. The SMILES string of the molecule is O=c1c(NCc2ccncc2)c(Nc2ccncc2)c1=O. The van der Waals surface area contributed by atoms with Gasteiger partial charge in [-0.05, 0) is 29.8 Å². The van der Waals surface area contributed by atoms with Gasteiger partial charge in [-0.25, -0.2) is 0 Å². The normalized spacial score (nSPS) is 10.5. The first-order chi connectivity index (χ1) is 10.3. The van der Waals surface area contributed by atoms with E-state index in [9.17, 15) is 9.59 Å².